The van der Waals surface area contributed by atoms with Gasteiger partial charge in [0.25, 0.3) is 0 Å². The highest BCUT2D eigenvalue weighted by molar-refractivity contribution is 5.43. The van der Waals surface area contributed by atoms with Gasteiger partial charge in [0.1, 0.15) is 0 Å². The number of hydrogen-bond acceptors (Lipinski definition) is 7. The van der Waals surface area contributed by atoms with Crippen molar-refractivity contribution in [3.63, 3.8) is 0 Å². The summed E-state index contributed by atoms with van der Waals surface area (Å²) >= 11 is 0. The van der Waals surface area contributed by atoms with Crippen molar-refractivity contribution in [2.75, 3.05) is 42.1 Å². The van der Waals surface area contributed by atoms with Crippen molar-refractivity contribution < 1.29 is 0 Å². The van der Waals surface area contributed by atoms with Crippen LogP contribution in [0.2, 0.25) is 0 Å². The molecule has 3 heterocycles. The number of nitrogens with zero attached hydrogens (tertiary/aromatic N) is 4. The Morgan fingerprint density at radius 3 is 2.65 bits per heavy atom. The zero-order chi connectivity index (χ0) is 14.3. The Labute approximate surface area is 119 Å². The molecule has 0 saturated carbocycles. The molecule has 1 aromatic heterocycles. The number of aromatic nitrogens is 3. The van der Waals surface area contributed by atoms with Gasteiger partial charge in [0.15, 0.2) is 0 Å². The van der Waals surface area contributed by atoms with Gasteiger partial charge in [0.2, 0.25) is 17.8 Å². The molecule has 2 aliphatic rings. The number of rotatable bonds is 3. The van der Waals surface area contributed by atoms with E-state index in [9.17, 15) is 0 Å². The van der Waals surface area contributed by atoms with Crippen molar-refractivity contribution in [3.8, 4) is 0 Å². The summed E-state index contributed by atoms with van der Waals surface area (Å²) in [6.45, 7) is 10.3. The third kappa shape index (κ3) is 2.77. The molecule has 2 aliphatic heterocycles. The van der Waals surface area contributed by atoms with E-state index in [0.717, 1.165) is 32.1 Å². The van der Waals surface area contributed by atoms with Crippen molar-refractivity contribution in [1.29, 1.82) is 0 Å². The van der Waals surface area contributed by atoms with E-state index in [-0.39, 0.29) is 11.4 Å². The molecule has 2 fully saturated rings. The largest absolute Gasteiger partial charge is 0.368 e. The van der Waals surface area contributed by atoms with Gasteiger partial charge >= 0.3 is 0 Å². The van der Waals surface area contributed by atoms with Gasteiger partial charge in [-0.3, -0.25) is 0 Å². The van der Waals surface area contributed by atoms with Gasteiger partial charge in [-0.2, -0.15) is 15.0 Å². The molecule has 3 rings (SSSR count). The first-order valence-corrected chi connectivity index (χ1v) is 7.14. The SMILES string of the molecule is CC(C)(C)CNc1nc(N)nc(N2CC3CNC3C2)n1. The van der Waals surface area contributed by atoms with E-state index < -0.39 is 0 Å². The average molecular weight is 277 g/mol. The molecule has 110 valence electrons. The zero-order valence-corrected chi connectivity index (χ0v) is 12.3. The first-order valence-electron chi connectivity index (χ1n) is 7.14. The fourth-order valence-corrected chi connectivity index (χ4v) is 2.56. The molecule has 0 radical (unpaired) electrons. The van der Waals surface area contributed by atoms with Crippen molar-refractivity contribution in [2.24, 2.45) is 11.3 Å². The molecule has 2 unspecified atom stereocenters. The number of fused-ring (bicyclic) bond motifs is 1. The third-order valence-corrected chi connectivity index (χ3v) is 3.78. The topological polar surface area (TPSA) is 92.0 Å². The van der Waals surface area contributed by atoms with Gasteiger partial charge in [-0.15, -0.1) is 0 Å². The number of nitrogen functional groups attached to an aromatic ring is 1. The van der Waals surface area contributed by atoms with Crippen molar-refractivity contribution in [3.05, 3.63) is 0 Å². The van der Waals surface area contributed by atoms with Gasteiger partial charge in [-0.1, -0.05) is 20.8 Å². The Bertz CT molecular complexity index is 484. The Balaban J connectivity index is 1.73. The van der Waals surface area contributed by atoms with E-state index in [2.05, 4.69) is 51.3 Å². The number of nitrogens with one attached hydrogen (secondary N) is 2. The van der Waals surface area contributed by atoms with E-state index in [1.165, 1.54) is 0 Å². The number of hydrogen-bond donors (Lipinski definition) is 3. The van der Waals surface area contributed by atoms with Crippen molar-refractivity contribution in [2.45, 2.75) is 26.8 Å². The van der Waals surface area contributed by atoms with E-state index in [0.29, 0.717) is 17.9 Å². The molecule has 0 aromatic carbocycles. The summed E-state index contributed by atoms with van der Waals surface area (Å²) in [6, 6.07) is 0.582. The highest BCUT2D eigenvalue weighted by Gasteiger charge is 2.40. The van der Waals surface area contributed by atoms with Crippen LogP contribution in [0.25, 0.3) is 0 Å². The van der Waals surface area contributed by atoms with Gasteiger partial charge in [-0.05, 0) is 5.41 Å². The minimum Gasteiger partial charge on any atom is -0.368 e. The Kier molecular flexibility index (Phi) is 3.16. The normalized spacial score (nSPS) is 25.2. The predicted molar refractivity (Wildman–Crippen MR) is 79.7 cm³/mol. The average Bonchev–Trinajstić information content (AvgIpc) is 2.61. The molecule has 1 aromatic rings. The molecular weight excluding hydrogens is 254 g/mol. The lowest BCUT2D eigenvalue weighted by atomic mass is 9.96. The van der Waals surface area contributed by atoms with Crippen LogP contribution >= 0.6 is 0 Å². The quantitative estimate of drug-likeness (QED) is 0.732. The van der Waals surface area contributed by atoms with Gasteiger partial charge in [0.05, 0.1) is 0 Å². The summed E-state index contributed by atoms with van der Waals surface area (Å²) in [5.74, 6) is 2.25. The zero-order valence-electron chi connectivity index (χ0n) is 12.3. The maximum absolute atomic E-state index is 5.81. The monoisotopic (exact) mass is 277 g/mol. The minimum absolute atomic E-state index is 0.165. The number of nitrogens with two attached hydrogens (primary N) is 1. The fraction of sp³-hybridized carbons (Fsp3) is 0.769. The molecular formula is C13H23N7. The van der Waals surface area contributed by atoms with Crippen LogP contribution in [0.1, 0.15) is 20.8 Å². The van der Waals surface area contributed by atoms with E-state index in [1.54, 1.807) is 0 Å². The van der Waals surface area contributed by atoms with Crippen LogP contribution in [0, 0.1) is 11.3 Å². The second-order valence-corrected chi connectivity index (χ2v) is 6.91. The summed E-state index contributed by atoms with van der Waals surface area (Å²) < 4.78 is 0. The van der Waals surface area contributed by atoms with Crippen molar-refractivity contribution in [1.82, 2.24) is 20.3 Å². The van der Waals surface area contributed by atoms with Crippen LogP contribution in [0.5, 0.6) is 0 Å². The molecule has 2 saturated heterocycles. The first-order chi connectivity index (χ1) is 9.40. The van der Waals surface area contributed by atoms with Crippen LogP contribution in [0.4, 0.5) is 17.8 Å². The summed E-state index contributed by atoms with van der Waals surface area (Å²) in [5.41, 5.74) is 5.97. The third-order valence-electron chi connectivity index (χ3n) is 3.78. The van der Waals surface area contributed by atoms with Crippen LogP contribution in [0.15, 0.2) is 0 Å². The highest BCUT2D eigenvalue weighted by Crippen LogP contribution is 2.27. The molecule has 4 N–H and O–H groups in total. The lowest BCUT2D eigenvalue weighted by molar-refractivity contribution is 0.297. The lowest BCUT2D eigenvalue weighted by Gasteiger charge is -2.29. The number of anilines is 3. The smallest absolute Gasteiger partial charge is 0.232 e. The van der Waals surface area contributed by atoms with Gasteiger partial charge in [0, 0.05) is 38.1 Å². The van der Waals surface area contributed by atoms with Crippen LogP contribution in [-0.4, -0.2) is 47.2 Å². The fourth-order valence-electron chi connectivity index (χ4n) is 2.56. The molecule has 20 heavy (non-hydrogen) atoms. The predicted octanol–water partition coefficient (Wildman–Crippen LogP) is 0.320. The van der Waals surface area contributed by atoms with Gasteiger partial charge in [-0.25, -0.2) is 0 Å². The Hall–Kier alpha value is -1.63. The van der Waals surface area contributed by atoms with Crippen LogP contribution < -0.4 is 21.3 Å². The van der Waals surface area contributed by atoms with E-state index in [4.69, 9.17) is 5.73 Å². The maximum Gasteiger partial charge on any atom is 0.232 e. The Morgan fingerprint density at radius 1 is 1.30 bits per heavy atom. The molecule has 0 spiro atoms. The summed E-state index contributed by atoms with van der Waals surface area (Å²) in [4.78, 5) is 15.1. The van der Waals surface area contributed by atoms with E-state index >= 15 is 0 Å². The summed E-state index contributed by atoms with van der Waals surface area (Å²) in [7, 11) is 0. The standard InChI is InChI=1S/C13H23N7/c1-13(2,3)7-16-11-17-10(14)18-12(19-11)20-5-8-4-15-9(8)6-20/h8-9,15H,4-7H2,1-3H3,(H3,14,16,17,18,19). The summed E-state index contributed by atoms with van der Waals surface area (Å²) in [6.07, 6.45) is 0. The van der Waals surface area contributed by atoms with Crippen LogP contribution in [0.3, 0.4) is 0 Å². The van der Waals surface area contributed by atoms with Crippen molar-refractivity contribution >= 4 is 17.8 Å². The molecule has 0 bridgehead atoms. The second kappa shape index (κ2) is 4.73. The Morgan fingerprint density at radius 2 is 2.10 bits per heavy atom. The molecule has 7 heteroatoms. The van der Waals surface area contributed by atoms with Crippen LogP contribution in [-0.2, 0) is 0 Å². The lowest BCUT2D eigenvalue weighted by Crippen LogP contribution is -2.51. The van der Waals surface area contributed by atoms with E-state index in [1.807, 2.05) is 0 Å². The molecule has 0 aliphatic carbocycles. The second-order valence-electron chi connectivity index (χ2n) is 6.91. The highest BCUT2D eigenvalue weighted by atomic mass is 15.3. The first kappa shape index (κ1) is 13.4. The molecule has 0 amide bonds. The minimum atomic E-state index is 0.165. The van der Waals surface area contributed by atoms with Gasteiger partial charge < -0.3 is 21.3 Å². The maximum atomic E-state index is 5.81. The molecule has 7 nitrogen and oxygen atoms in total. The molecule has 2 atom stereocenters. The summed E-state index contributed by atoms with van der Waals surface area (Å²) in [5, 5.41) is 6.66.